The summed E-state index contributed by atoms with van der Waals surface area (Å²) in [7, 11) is 0. The van der Waals surface area contributed by atoms with E-state index in [1.54, 1.807) is 11.2 Å². The van der Waals surface area contributed by atoms with Crippen LogP contribution in [-0.4, -0.2) is 14.8 Å². The number of rotatable bonds is 4. The van der Waals surface area contributed by atoms with E-state index in [4.69, 9.17) is 0 Å². The number of thiophene rings is 1. The Morgan fingerprint density at radius 1 is 1.56 bits per heavy atom. The van der Waals surface area contributed by atoms with Crippen LogP contribution in [0.1, 0.15) is 42.1 Å². The zero-order chi connectivity index (χ0) is 12.4. The van der Waals surface area contributed by atoms with Crippen LogP contribution in [0.15, 0.2) is 17.8 Å². The first kappa shape index (κ1) is 11.9. The van der Waals surface area contributed by atoms with Crippen LogP contribution in [0.25, 0.3) is 0 Å². The average Bonchev–Trinajstić information content (AvgIpc) is 3.04. The summed E-state index contributed by atoms with van der Waals surface area (Å²) in [5.74, 6) is 1.03. The largest absolute Gasteiger partial charge is 0.317 e. The van der Waals surface area contributed by atoms with Crippen LogP contribution >= 0.6 is 11.3 Å². The van der Waals surface area contributed by atoms with Gasteiger partial charge >= 0.3 is 0 Å². The van der Waals surface area contributed by atoms with Crippen LogP contribution in [0, 0.1) is 0 Å². The summed E-state index contributed by atoms with van der Waals surface area (Å²) in [6.07, 6.45) is 5.56. The van der Waals surface area contributed by atoms with Gasteiger partial charge in [-0.1, -0.05) is 0 Å². The molecule has 18 heavy (non-hydrogen) atoms. The third kappa shape index (κ3) is 2.20. The van der Waals surface area contributed by atoms with Crippen molar-refractivity contribution in [2.45, 2.75) is 45.3 Å². The first-order chi connectivity index (χ1) is 8.88. The Morgan fingerprint density at radius 3 is 3.39 bits per heavy atom. The number of hydrogen-bond acceptors (Lipinski definition) is 4. The quantitative estimate of drug-likeness (QED) is 0.920. The average molecular weight is 262 g/mol. The van der Waals surface area contributed by atoms with Crippen LogP contribution in [0.2, 0.25) is 0 Å². The van der Waals surface area contributed by atoms with Crippen molar-refractivity contribution in [3.63, 3.8) is 0 Å². The summed E-state index contributed by atoms with van der Waals surface area (Å²) in [6, 6.07) is 2.75. The Labute approximate surface area is 111 Å². The maximum absolute atomic E-state index is 4.17. The third-order valence-electron chi connectivity index (χ3n) is 3.59. The van der Waals surface area contributed by atoms with E-state index in [0.717, 1.165) is 18.9 Å². The highest BCUT2D eigenvalue weighted by Crippen LogP contribution is 2.33. The minimum atomic E-state index is 0.488. The van der Waals surface area contributed by atoms with E-state index in [9.17, 15) is 0 Å². The van der Waals surface area contributed by atoms with Gasteiger partial charge in [-0.25, -0.2) is 0 Å². The van der Waals surface area contributed by atoms with Crippen LogP contribution < -0.4 is 5.32 Å². The second-order valence-electron chi connectivity index (χ2n) is 4.66. The highest BCUT2D eigenvalue weighted by Gasteiger charge is 2.21. The summed E-state index contributed by atoms with van der Waals surface area (Å²) >= 11 is 1.89. The van der Waals surface area contributed by atoms with Crippen LogP contribution in [0.5, 0.6) is 0 Å². The molecule has 0 saturated carbocycles. The maximum atomic E-state index is 4.17. The lowest BCUT2D eigenvalue weighted by atomic mass is 9.94. The Morgan fingerprint density at radius 2 is 2.50 bits per heavy atom. The maximum Gasteiger partial charge on any atom is 0.146 e. The Hall–Kier alpha value is -1.20. The molecule has 2 aromatic heterocycles. The van der Waals surface area contributed by atoms with Gasteiger partial charge in [0.15, 0.2) is 0 Å². The van der Waals surface area contributed by atoms with Gasteiger partial charge in [-0.3, -0.25) is 0 Å². The van der Waals surface area contributed by atoms with E-state index in [2.05, 4.69) is 38.5 Å². The molecule has 0 radical (unpaired) electrons. The van der Waals surface area contributed by atoms with E-state index >= 15 is 0 Å². The van der Waals surface area contributed by atoms with Crippen LogP contribution in [-0.2, 0) is 19.5 Å². The Kier molecular flexibility index (Phi) is 3.43. The molecule has 96 valence electrons. The van der Waals surface area contributed by atoms with Crippen molar-refractivity contribution < 1.29 is 0 Å². The molecule has 4 nitrogen and oxygen atoms in total. The SMILES string of the molecule is CCn1cnnc1CN[C@H]1CCCc2sccc21. The summed E-state index contributed by atoms with van der Waals surface area (Å²) in [4.78, 5) is 1.55. The zero-order valence-electron chi connectivity index (χ0n) is 10.6. The van der Waals surface area contributed by atoms with E-state index < -0.39 is 0 Å². The number of nitrogens with zero attached hydrogens (tertiary/aromatic N) is 3. The van der Waals surface area contributed by atoms with Crippen molar-refractivity contribution >= 4 is 11.3 Å². The van der Waals surface area contributed by atoms with Gasteiger partial charge in [0.05, 0.1) is 6.54 Å². The van der Waals surface area contributed by atoms with E-state index in [0.29, 0.717) is 6.04 Å². The summed E-state index contributed by atoms with van der Waals surface area (Å²) < 4.78 is 2.09. The molecule has 5 heteroatoms. The molecule has 0 amide bonds. The van der Waals surface area contributed by atoms with E-state index in [1.807, 2.05) is 11.3 Å². The Balaban J connectivity index is 1.68. The monoisotopic (exact) mass is 262 g/mol. The molecule has 0 aromatic carbocycles. The number of aromatic nitrogens is 3. The highest BCUT2D eigenvalue weighted by molar-refractivity contribution is 7.10. The molecule has 0 unspecified atom stereocenters. The normalized spacial score (nSPS) is 18.8. The Bertz CT molecular complexity index is 517. The number of fused-ring (bicyclic) bond motifs is 1. The van der Waals surface area contributed by atoms with Gasteiger partial charge in [-0.2, -0.15) is 0 Å². The zero-order valence-corrected chi connectivity index (χ0v) is 11.4. The highest BCUT2D eigenvalue weighted by atomic mass is 32.1. The number of nitrogens with one attached hydrogen (secondary N) is 1. The fraction of sp³-hybridized carbons (Fsp3) is 0.538. The molecule has 1 N–H and O–H groups in total. The lowest BCUT2D eigenvalue weighted by Crippen LogP contribution is -2.25. The molecule has 3 rings (SSSR count). The smallest absolute Gasteiger partial charge is 0.146 e. The molecule has 0 saturated heterocycles. The second kappa shape index (κ2) is 5.20. The molecule has 2 heterocycles. The molecule has 1 aliphatic carbocycles. The van der Waals surface area contributed by atoms with Crippen molar-refractivity contribution in [3.05, 3.63) is 34.0 Å². The first-order valence-electron chi connectivity index (χ1n) is 6.55. The van der Waals surface area contributed by atoms with Gasteiger partial charge in [0.1, 0.15) is 12.2 Å². The summed E-state index contributed by atoms with van der Waals surface area (Å²) in [5.41, 5.74) is 1.49. The molecule has 0 fully saturated rings. The van der Waals surface area contributed by atoms with E-state index in [1.165, 1.54) is 24.8 Å². The third-order valence-corrected chi connectivity index (χ3v) is 4.59. The molecule has 2 aromatic rings. The predicted molar refractivity (Wildman–Crippen MR) is 72.5 cm³/mol. The van der Waals surface area contributed by atoms with Crippen molar-refractivity contribution in [2.24, 2.45) is 0 Å². The topological polar surface area (TPSA) is 42.7 Å². The fourth-order valence-electron chi connectivity index (χ4n) is 2.59. The van der Waals surface area contributed by atoms with Crippen molar-refractivity contribution in [3.8, 4) is 0 Å². The van der Waals surface area contributed by atoms with Gasteiger partial charge in [0.2, 0.25) is 0 Å². The number of aryl methyl sites for hydroxylation is 2. The van der Waals surface area contributed by atoms with Crippen molar-refractivity contribution in [2.75, 3.05) is 0 Å². The lowest BCUT2D eigenvalue weighted by molar-refractivity contribution is 0.450. The lowest BCUT2D eigenvalue weighted by Gasteiger charge is -2.23. The van der Waals surface area contributed by atoms with Crippen molar-refractivity contribution in [1.82, 2.24) is 20.1 Å². The van der Waals surface area contributed by atoms with Gasteiger partial charge in [0.25, 0.3) is 0 Å². The van der Waals surface area contributed by atoms with Gasteiger partial charge in [-0.05, 0) is 43.2 Å². The first-order valence-corrected chi connectivity index (χ1v) is 7.42. The summed E-state index contributed by atoms with van der Waals surface area (Å²) in [6.45, 7) is 3.84. The van der Waals surface area contributed by atoms with Crippen molar-refractivity contribution in [1.29, 1.82) is 0 Å². The molecule has 0 bridgehead atoms. The van der Waals surface area contributed by atoms with Gasteiger partial charge in [-0.15, -0.1) is 21.5 Å². The molecule has 0 spiro atoms. The minimum Gasteiger partial charge on any atom is -0.317 e. The van der Waals surface area contributed by atoms with Crippen LogP contribution in [0.3, 0.4) is 0 Å². The molecular formula is C13H18N4S. The number of hydrogen-bond donors (Lipinski definition) is 1. The van der Waals surface area contributed by atoms with Gasteiger partial charge in [0, 0.05) is 17.5 Å². The summed E-state index contributed by atoms with van der Waals surface area (Å²) in [5, 5.41) is 14.0. The standard InChI is InChI=1S/C13H18N4S/c1-2-17-9-15-16-13(17)8-14-11-4-3-5-12-10(11)6-7-18-12/h6-7,9,11,14H,2-5,8H2,1H3/t11-/m0/s1. The molecular weight excluding hydrogens is 244 g/mol. The fourth-order valence-corrected chi connectivity index (χ4v) is 3.58. The van der Waals surface area contributed by atoms with Crippen LogP contribution in [0.4, 0.5) is 0 Å². The molecule has 0 aliphatic heterocycles. The second-order valence-corrected chi connectivity index (χ2v) is 5.66. The van der Waals surface area contributed by atoms with Gasteiger partial charge < -0.3 is 9.88 Å². The molecule has 1 aliphatic rings. The predicted octanol–water partition coefficient (Wildman–Crippen LogP) is 2.53. The van der Waals surface area contributed by atoms with E-state index in [-0.39, 0.29) is 0 Å². The minimum absolute atomic E-state index is 0.488. The molecule has 1 atom stereocenters.